The molecule has 1 N–H and O–H groups in total. The van der Waals surface area contributed by atoms with Gasteiger partial charge < -0.3 is 14.8 Å². The number of benzene rings is 2. The Labute approximate surface area is 163 Å². The molecule has 0 aliphatic rings. The first-order valence-corrected chi connectivity index (χ1v) is 9.04. The predicted octanol–water partition coefficient (Wildman–Crippen LogP) is 5.01. The van der Waals surface area contributed by atoms with Crippen LogP contribution in [0.15, 0.2) is 42.5 Å². The Morgan fingerprint density at radius 2 is 1.85 bits per heavy atom. The van der Waals surface area contributed by atoms with Crippen molar-refractivity contribution >= 4 is 62.2 Å². The highest BCUT2D eigenvalue weighted by Gasteiger charge is 2.19. The molecule has 1 amide bonds. The molecule has 26 heavy (non-hydrogen) atoms. The Morgan fingerprint density at radius 3 is 2.54 bits per heavy atom. The van der Waals surface area contributed by atoms with Gasteiger partial charge in [-0.2, -0.15) is 0 Å². The Morgan fingerprint density at radius 1 is 1.12 bits per heavy atom. The molecule has 134 valence electrons. The summed E-state index contributed by atoms with van der Waals surface area (Å²) in [6.07, 6.45) is 0. The van der Waals surface area contributed by atoms with Crippen LogP contribution in [-0.4, -0.2) is 25.6 Å². The summed E-state index contributed by atoms with van der Waals surface area (Å²) in [6.45, 7) is -0.420. The number of hydrogen-bond acceptors (Lipinski definition) is 5. The Hall–Kier alpha value is -2.28. The highest BCUT2D eigenvalue weighted by atomic mass is 35.5. The number of rotatable bonds is 5. The molecule has 8 heteroatoms. The van der Waals surface area contributed by atoms with Crippen molar-refractivity contribution in [1.29, 1.82) is 0 Å². The van der Waals surface area contributed by atoms with E-state index in [1.165, 1.54) is 11.3 Å². The van der Waals surface area contributed by atoms with E-state index >= 15 is 0 Å². The SMILES string of the molecule is COc1ccc(NC(=O)COC(=O)c2sc3cc(Cl)ccc3c2Cl)cc1. The Bertz CT molecular complexity index is 969. The van der Waals surface area contributed by atoms with E-state index in [2.05, 4.69) is 5.32 Å². The molecule has 0 spiro atoms. The fourth-order valence-electron chi connectivity index (χ4n) is 2.24. The minimum atomic E-state index is -0.655. The molecule has 0 aliphatic carbocycles. The first-order chi connectivity index (χ1) is 12.5. The lowest BCUT2D eigenvalue weighted by atomic mass is 10.2. The minimum Gasteiger partial charge on any atom is -0.497 e. The van der Waals surface area contributed by atoms with Gasteiger partial charge in [0.15, 0.2) is 6.61 Å². The molecular formula is C18H13Cl2NO4S. The van der Waals surface area contributed by atoms with Crippen molar-refractivity contribution in [3.05, 3.63) is 57.4 Å². The maximum absolute atomic E-state index is 12.2. The smallest absolute Gasteiger partial charge is 0.350 e. The second kappa shape index (κ2) is 7.95. The van der Waals surface area contributed by atoms with Gasteiger partial charge in [0.2, 0.25) is 0 Å². The van der Waals surface area contributed by atoms with Crippen LogP contribution in [0.5, 0.6) is 5.75 Å². The normalized spacial score (nSPS) is 10.6. The number of ether oxygens (including phenoxy) is 2. The number of amides is 1. The van der Waals surface area contributed by atoms with Crippen LogP contribution < -0.4 is 10.1 Å². The number of methoxy groups -OCH3 is 1. The molecule has 5 nitrogen and oxygen atoms in total. The van der Waals surface area contributed by atoms with Crippen molar-refractivity contribution in [2.24, 2.45) is 0 Å². The quantitative estimate of drug-likeness (QED) is 0.601. The molecule has 0 saturated heterocycles. The summed E-state index contributed by atoms with van der Waals surface area (Å²) in [6, 6.07) is 12.0. The van der Waals surface area contributed by atoms with Gasteiger partial charge in [-0.05, 0) is 36.4 Å². The zero-order chi connectivity index (χ0) is 18.7. The molecule has 0 atom stereocenters. The van der Waals surface area contributed by atoms with Crippen molar-refractivity contribution in [3.63, 3.8) is 0 Å². The molecule has 3 aromatic rings. The highest BCUT2D eigenvalue weighted by Crippen LogP contribution is 2.37. The van der Waals surface area contributed by atoms with Crippen molar-refractivity contribution in [3.8, 4) is 5.75 Å². The van der Waals surface area contributed by atoms with Gasteiger partial charge in [0.1, 0.15) is 10.6 Å². The summed E-state index contributed by atoms with van der Waals surface area (Å²) in [5, 5.41) is 4.19. The van der Waals surface area contributed by atoms with Crippen LogP contribution >= 0.6 is 34.5 Å². The van der Waals surface area contributed by atoms with Gasteiger partial charge >= 0.3 is 5.97 Å². The lowest BCUT2D eigenvalue weighted by Crippen LogP contribution is -2.20. The third kappa shape index (κ3) is 4.09. The summed E-state index contributed by atoms with van der Waals surface area (Å²) >= 11 is 13.3. The van der Waals surface area contributed by atoms with Crippen molar-refractivity contribution < 1.29 is 19.1 Å². The fourth-order valence-corrected chi connectivity index (χ4v) is 3.92. The van der Waals surface area contributed by atoms with E-state index in [0.717, 1.165) is 10.1 Å². The van der Waals surface area contributed by atoms with E-state index in [4.69, 9.17) is 32.7 Å². The third-order valence-corrected chi connectivity index (χ3v) is 5.36. The van der Waals surface area contributed by atoms with Crippen molar-refractivity contribution in [1.82, 2.24) is 0 Å². The van der Waals surface area contributed by atoms with Gasteiger partial charge in [-0.1, -0.05) is 29.3 Å². The monoisotopic (exact) mass is 409 g/mol. The highest BCUT2D eigenvalue weighted by molar-refractivity contribution is 7.21. The van der Waals surface area contributed by atoms with Gasteiger partial charge in [-0.3, -0.25) is 4.79 Å². The summed E-state index contributed by atoms with van der Waals surface area (Å²) in [4.78, 5) is 24.4. The second-order valence-corrected chi connectivity index (χ2v) is 7.11. The fraction of sp³-hybridized carbons (Fsp3) is 0.111. The number of esters is 1. The molecule has 1 aromatic heterocycles. The Balaban J connectivity index is 1.63. The molecule has 3 rings (SSSR count). The lowest BCUT2D eigenvalue weighted by molar-refractivity contribution is -0.119. The second-order valence-electron chi connectivity index (χ2n) is 5.24. The van der Waals surface area contributed by atoms with Gasteiger partial charge in [-0.25, -0.2) is 4.79 Å². The number of carbonyl (C=O) groups is 2. The van der Waals surface area contributed by atoms with Gasteiger partial charge in [0.05, 0.1) is 12.1 Å². The lowest BCUT2D eigenvalue weighted by Gasteiger charge is -2.07. The third-order valence-electron chi connectivity index (χ3n) is 3.49. The van der Waals surface area contributed by atoms with E-state index in [-0.39, 0.29) is 4.88 Å². The van der Waals surface area contributed by atoms with Crippen LogP contribution in [0.3, 0.4) is 0 Å². The van der Waals surface area contributed by atoms with E-state index in [1.54, 1.807) is 49.6 Å². The molecule has 2 aromatic carbocycles. The Kier molecular flexibility index (Phi) is 5.66. The molecule has 0 fully saturated rings. The van der Waals surface area contributed by atoms with Gasteiger partial charge in [-0.15, -0.1) is 11.3 Å². The first-order valence-electron chi connectivity index (χ1n) is 7.46. The van der Waals surface area contributed by atoms with Crippen LogP contribution in [-0.2, 0) is 9.53 Å². The van der Waals surface area contributed by atoms with Crippen molar-refractivity contribution in [2.75, 3.05) is 19.0 Å². The maximum atomic E-state index is 12.2. The number of carbonyl (C=O) groups excluding carboxylic acids is 2. The van der Waals surface area contributed by atoms with Gasteiger partial charge in [0.25, 0.3) is 5.91 Å². The molecule has 0 aliphatic heterocycles. The van der Waals surface area contributed by atoms with E-state index in [9.17, 15) is 9.59 Å². The summed E-state index contributed by atoms with van der Waals surface area (Å²) < 4.78 is 10.9. The largest absolute Gasteiger partial charge is 0.497 e. The zero-order valence-corrected chi connectivity index (χ0v) is 15.9. The average molecular weight is 410 g/mol. The van der Waals surface area contributed by atoms with Crippen LogP contribution in [0.25, 0.3) is 10.1 Å². The molecule has 1 heterocycles. The number of anilines is 1. The molecule has 0 bridgehead atoms. The van der Waals surface area contributed by atoms with E-state index in [1.807, 2.05) is 0 Å². The number of halogens is 2. The number of hydrogen-bond donors (Lipinski definition) is 1. The summed E-state index contributed by atoms with van der Waals surface area (Å²) in [5.41, 5.74) is 0.571. The standard InChI is InChI=1S/C18H13Cl2NO4S/c1-24-12-5-3-11(4-6-12)21-15(22)9-25-18(23)17-16(20)13-7-2-10(19)8-14(13)26-17/h2-8H,9H2,1H3,(H,21,22). The molecule has 0 unspecified atom stereocenters. The molecule has 0 radical (unpaired) electrons. The van der Waals surface area contributed by atoms with Crippen LogP contribution in [0, 0.1) is 0 Å². The predicted molar refractivity (Wildman–Crippen MR) is 104 cm³/mol. The van der Waals surface area contributed by atoms with Crippen molar-refractivity contribution in [2.45, 2.75) is 0 Å². The zero-order valence-electron chi connectivity index (χ0n) is 13.5. The van der Waals surface area contributed by atoms with Crippen LogP contribution in [0.1, 0.15) is 9.67 Å². The van der Waals surface area contributed by atoms with Crippen LogP contribution in [0.4, 0.5) is 5.69 Å². The summed E-state index contributed by atoms with van der Waals surface area (Å²) in [7, 11) is 1.56. The van der Waals surface area contributed by atoms with Gasteiger partial charge in [0, 0.05) is 20.8 Å². The first kappa shape index (κ1) is 18.5. The van der Waals surface area contributed by atoms with Crippen LogP contribution in [0.2, 0.25) is 10.0 Å². The maximum Gasteiger partial charge on any atom is 0.350 e. The minimum absolute atomic E-state index is 0.237. The topological polar surface area (TPSA) is 64.6 Å². The molecular weight excluding hydrogens is 397 g/mol. The molecule has 0 saturated carbocycles. The number of nitrogens with one attached hydrogen (secondary N) is 1. The van der Waals surface area contributed by atoms with E-state index in [0.29, 0.717) is 21.5 Å². The number of thiophene rings is 1. The van der Waals surface area contributed by atoms with E-state index < -0.39 is 18.5 Å². The average Bonchev–Trinajstić information content (AvgIpc) is 2.96. The summed E-state index contributed by atoms with van der Waals surface area (Å²) in [5.74, 6) is -0.435. The number of fused-ring (bicyclic) bond motifs is 1.